The Morgan fingerprint density at radius 2 is 2.14 bits per heavy atom. The number of aryl methyl sites for hydroxylation is 1. The molecule has 5 nitrogen and oxygen atoms in total. The first-order valence-corrected chi connectivity index (χ1v) is 8.08. The van der Waals surface area contributed by atoms with E-state index in [-0.39, 0.29) is 11.9 Å². The Balaban J connectivity index is 0.000000847. The highest BCUT2D eigenvalue weighted by molar-refractivity contribution is 6.29. The lowest BCUT2D eigenvalue weighted by molar-refractivity contribution is -0.149. The van der Waals surface area contributed by atoms with Crippen molar-refractivity contribution in [1.29, 1.82) is 0 Å². The van der Waals surface area contributed by atoms with Crippen LogP contribution in [0, 0.1) is 12.8 Å². The van der Waals surface area contributed by atoms with E-state index >= 15 is 0 Å². The van der Waals surface area contributed by atoms with Crippen LogP contribution in [0.2, 0.25) is 5.15 Å². The van der Waals surface area contributed by atoms with Gasteiger partial charge >= 0.3 is 5.97 Å². The summed E-state index contributed by atoms with van der Waals surface area (Å²) >= 11 is 5.98. The SMILES string of the molecule is CC.CCOC(=O)C1(n2nc(C)c3ccc(Cl)nc32)CC1C. The lowest BCUT2D eigenvalue weighted by Crippen LogP contribution is -2.33. The van der Waals surface area contributed by atoms with E-state index in [0.29, 0.717) is 17.4 Å². The molecule has 0 amide bonds. The molecule has 0 saturated heterocycles. The molecule has 0 radical (unpaired) electrons. The number of carbonyl (C=O) groups is 1. The zero-order chi connectivity index (χ0) is 16.5. The zero-order valence-electron chi connectivity index (χ0n) is 13.7. The van der Waals surface area contributed by atoms with Crippen molar-refractivity contribution in [2.24, 2.45) is 5.92 Å². The molecule has 0 aliphatic heterocycles. The third kappa shape index (κ3) is 2.47. The number of hydrogen-bond acceptors (Lipinski definition) is 4. The minimum absolute atomic E-state index is 0.185. The highest BCUT2D eigenvalue weighted by atomic mass is 35.5. The van der Waals surface area contributed by atoms with Gasteiger partial charge in [0.15, 0.2) is 11.2 Å². The maximum absolute atomic E-state index is 12.3. The monoisotopic (exact) mass is 323 g/mol. The van der Waals surface area contributed by atoms with E-state index in [1.807, 2.05) is 33.8 Å². The van der Waals surface area contributed by atoms with E-state index in [1.165, 1.54) is 0 Å². The number of fused-ring (bicyclic) bond motifs is 1. The fraction of sp³-hybridized carbons (Fsp3) is 0.562. The summed E-state index contributed by atoms with van der Waals surface area (Å²) in [5.41, 5.74) is 0.763. The van der Waals surface area contributed by atoms with Crippen molar-refractivity contribution in [1.82, 2.24) is 14.8 Å². The topological polar surface area (TPSA) is 57.0 Å². The van der Waals surface area contributed by atoms with Crippen molar-refractivity contribution >= 4 is 28.6 Å². The molecule has 6 heteroatoms. The molecule has 0 spiro atoms. The molecular formula is C16H22ClN3O2. The summed E-state index contributed by atoms with van der Waals surface area (Å²) < 4.78 is 6.92. The van der Waals surface area contributed by atoms with Crippen molar-refractivity contribution < 1.29 is 9.53 Å². The summed E-state index contributed by atoms with van der Waals surface area (Å²) in [6.07, 6.45) is 0.718. The van der Waals surface area contributed by atoms with Crippen molar-refractivity contribution in [3.05, 3.63) is 23.0 Å². The van der Waals surface area contributed by atoms with E-state index in [0.717, 1.165) is 17.5 Å². The lowest BCUT2D eigenvalue weighted by Gasteiger charge is -2.16. The first-order chi connectivity index (χ1) is 10.5. The molecule has 0 aromatic carbocycles. The Bertz CT molecular complexity index is 698. The van der Waals surface area contributed by atoms with Crippen LogP contribution in [0.4, 0.5) is 0 Å². The van der Waals surface area contributed by atoms with Crippen LogP contribution in [-0.4, -0.2) is 27.3 Å². The number of esters is 1. The molecule has 0 bridgehead atoms. The van der Waals surface area contributed by atoms with E-state index in [1.54, 1.807) is 17.7 Å². The number of nitrogens with zero attached hydrogens (tertiary/aromatic N) is 3. The van der Waals surface area contributed by atoms with Gasteiger partial charge < -0.3 is 4.74 Å². The van der Waals surface area contributed by atoms with Gasteiger partial charge in [-0.05, 0) is 38.3 Å². The fourth-order valence-corrected chi connectivity index (χ4v) is 2.87. The number of aromatic nitrogens is 3. The van der Waals surface area contributed by atoms with Gasteiger partial charge in [0, 0.05) is 5.39 Å². The number of pyridine rings is 1. The Labute approximate surface area is 135 Å². The number of ether oxygens (including phenoxy) is 1. The van der Waals surface area contributed by atoms with E-state index in [2.05, 4.69) is 10.1 Å². The molecule has 1 aliphatic rings. The molecule has 2 heterocycles. The van der Waals surface area contributed by atoms with Crippen molar-refractivity contribution in [2.45, 2.75) is 46.6 Å². The largest absolute Gasteiger partial charge is 0.464 e. The van der Waals surface area contributed by atoms with Gasteiger partial charge in [-0.1, -0.05) is 32.4 Å². The first kappa shape index (κ1) is 16.7. The van der Waals surface area contributed by atoms with E-state index < -0.39 is 5.54 Å². The highest BCUT2D eigenvalue weighted by Gasteiger charge is 2.62. The normalized spacial score (nSPS) is 22.9. The summed E-state index contributed by atoms with van der Waals surface area (Å²) in [4.78, 5) is 16.7. The fourth-order valence-electron chi connectivity index (χ4n) is 2.73. The zero-order valence-corrected chi connectivity index (χ0v) is 14.4. The smallest absolute Gasteiger partial charge is 0.334 e. The first-order valence-electron chi connectivity index (χ1n) is 7.70. The van der Waals surface area contributed by atoms with Gasteiger partial charge in [-0.3, -0.25) is 0 Å². The number of hydrogen-bond donors (Lipinski definition) is 0. The average Bonchev–Trinajstić information content (AvgIpc) is 3.08. The molecule has 2 aromatic heterocycles. The summed E-state index contributed by atoms with van der Waals surface area (Å²) in [7, 11) is 0. The van der Waals surface area contributed by atoms with Crippen LogP contribution in [0.25, 0.3) is 11.0 Å². The molecular weight excluding hydrogens is 302 g/mol. The Morgan fingerprint density at radius 3 is 2.68 bits per heavy atom. The van der Waals surface area contributed by atoms with E-state index in [4.69, 9.17) is 16.3 Å². The summed E-state index contributed by atoms with van der Waals surface area (Å²) in [6, 6.07) is 3.62. The predicted octanol–water partition coefficient (Wildman–Crippen LogP) is 3.72. The third-order valence-corrected chi connectivity index (χ3v) is 4.17. The second kappa shape index (κ2) is 6.24. The number of rotatable bonds is 3. The maximum atomic E-state index is 12.3. The summed E-state index contributed by atoms with van der Waals surface area (Å²) in [5.74, 6) is -0.0523. The Kier molecular flexibility index (Phi) is 4.75. The van der Waals surface area contributed by atoms with Gasteiger partial charge in [0.05, 0.1) is 12.3 Å². The van der Waals surface area contributed by atoms with Crippen molar-refractivity contribution in [2.75, 3.05) is 6.61 Å². The Hall–Kier alpha value is -1.62. The minimum Gasteiger partial charge on any atom is -0.464 e. The van der Waals surface area contributed by atoms with Gasteiger partial charge in [0.25, 0.3) is 0 Å². The van der Waals surface area contributed by atoms with Crippen LogP contribution < -0.4 is 0 Å². The standard InChI is InChI=1S/C14H16ClN3O2.C2H6/c1-4-20-13(19)14(7-8(14)2)18-12-10(9(3)17-18)5-6-11(15)16-12;1-2/h5-6,8H,4,7H2,1-3H3;1-2H3. The summed E-state index contributed by atoms with van der Waals surface area (Å²) in [6.45, 7) is 10.1. The molecule has 2 aromatic rings. The molecule has 3 rings (SSSR count). The number of halogens is 1. The van der Waals surface area contributed by atoms with Crippen LogP contribution in [0.1, 0.15) is 39.8 Å². The van der Waals surface area contributed by atoms with Crippen LogP contribution >= 0.6 is 11.6 Å². The van der Waals surface area contributed by atoms with Gasteiger partial charge in [-0.25, -0.2) is 14.5 Å². The summed E-state index contributed by atoms with van der Waals surface area (Å²) in [5, 5.41) is 5.82. The van der Waals surface area contributed by atoms with Crippen LogP contribution in [0.15, 0.2) is 12.1 Å². The van der Waals surface area contributed by atoms with E-state index in [9.17, 15) is 4.79 Å². The van der Waals surface area contributed by atoms with Crippen LogP contribution in [0.5, 0.6) is 0 Å². The quantitative estimate of drug-likeness (QED) is 0.638. The second-order valence-corrected chi connectivity index (χ2v) is 5.64. The van der Waals surface area contributed by atoms with Gasteiger partial charge in [0.1, 0.15) is 5.15 Å². The molecule has 1 saturated carbocycles. The molecule has 1 aliphatic carbocycles. The number of carbonyl (C=O) groups excluding carboxylic acids is 1. The molecule has 1 fully saturated rings. The minimum atomic E-state index is -0.722. The van der Waals surface area contributed by atoms with Crippen LogP contribution in [0.3, 0.4) is 0 Å². The third-order valence-electron chi connectivity index (χ3n) is 3.96. The average molecular weight is 324 g/mol. The predicted molar refractivity (Wildman–Crippen MR) is 87.0 cm³/mol. The molecule has 0 N–H and O–H groups in total. The molecule has 2 unspecified atom stereocenters. The van der Waals surface area contributed by atoms with Crippen molar-refractivity contribution in [3.63, 3.8) is 0 Å². The maximum Gasteiger partial charge on any atom is 0.334 e. The molecule has 120 valence electrons. The van der Waals surface area contributed by atoms with Gasteiger partial charge in [0.2, 0.25) is 0 Å². The molecule has 2 atom stereocenters. The second-order valence-electron chi connectivity index (χ2n) is 5.25. The van der Waals surface area contributed by atoms with Gasteiger partial charge in [-0.2, -0.15) is 5.10 Å². The highest BCUT2D eigenvalue weighted by Crippen LogP contribution is 2.51. The molecule has 22 heavy (non-hydrogen) atoms. The lowest BCUT2D eigenvalue weighted by atomic mass is 10.2. The van der Waals surface area contributed by atoms with Crippen LogP contribution in [-0.2, 0) is 15.1 Å². The van der Waals surface area contributed by atoms with Crippen molar-refractivity contribution in [3.8, 4) is 0 Å². The van der Waals surface area contributed by atoms with Gasteiger partial charge in [-0.15, -0.1) is 0 Å². The Morgan fingerprint density at radius 1 is 1.50 bits per heavy atom.